The molecule has 19 heavy (non-hydrogen) atoms. The minimum Gasteiger partial charge on any atom is -0.380 e. The summed E-state index contributed by atoms with van der Waals surface area (Å²) in [6.45, 7) is 2.76. The Morgan fingerprint density at radius 3 is 3.00 bits per heavy atom. The smallest absolute Gasteiger partial charge is 0.132 e. The second-order valence-corrected chi connectivity index (χ2v) is 5.71. The lowest BCUT2D eigenvalue weighted by Crippen LogP contribution is -1.99. The molecule has 0 aliphatic rings. The zero-order valence-electron chi connectivity index (χ0n) is 10.5. The molecular formula is C15H13ClN2S. The lowest BCUT2D eigenvalue weighted by Gasteiger charge is -2.07. The number of hydrogen-bond acceptors (Lipinski definition) is 3. The van der Waals surface area contributed by atoms with Crippen molar-refractivity contribution in [3.8, 4) is 0 Å². The van der Waals surface area contributed by atoms with E-state index in [-0.39, 0.29) is 0 Å². The van der Waals surface area contributed by atoms with E-state index >= 15 is 0 Å². The van der Waals surface area contributed by atoms with Crippen LogP contribution in [0.1, 0.15) is 11.1 Å². The van der Waals surface area contributed by atoms with E-state index in [2.05, 4.69) is 39.9 Å². The molecule has 1 N–H and O–H groups in total. The lowest BCUT2D eigenvalue weighted by atomic mass is 10.2. The summed E-state index contributed by atoms with van der Waals surface area (Å²) in [5, 5.41) is 7.47. The molecule has 0 radical (unpaired) electrons. The first-order valence-electron chi connectivity index (χ1n) is 6.05. The quantitative estimate of drug-likeness (QED) is 0.696. The molecule has 0 saturated heterocycles. The van der Waals surface area contributed by atoms with Crippen molar-refractivity contribution in [3.63, 3.8) is 0 Å². The first-order chi connectivity index (χ1) is 9.24. The Hall–Kier alpha value is -1.58. The number of thiophene rings is 1. The Morgan fingerprint density at radius 1 is 1.32 bits per heavy atom. The molecule has 2 nitrogen and oxygen atoms in total. The maximum absolute atomic E-state index is 5.92. The average Bonchev–Trinajstić information content (AvgIpc) is 2.83. The van der Waals surface area contributed by atoms with Crippen molar-refractivity contribution in [2.45, 2.75) is 13.5 Å². The molecule has 2 aromatic heterocycles. The highest BCUT2D eigenvalue weighted by atomic mass is 35.5. The van der Waals surface area contributed by atoms with Crippen LogP contribution in [0.2, 0.25) is 5.15 Å². The molecule has 2 heterocycles. The van der Waals surface area contributed by atoms with E-state index in [4.69, 9.17) is 11.6 Å². The molecule has 0 saturated carbocycles. The molecule has 0 amide bonds. The predicted molar refractivity (Wildman–Crippen MR) is 83.1 cm³/mol. The van der Waals surface area contributed by atoms with Gasteiger partial charge in [-0.3, -0.25) is 0 Å². The fraction of sp³-hybridized carbons (Fsp3) is 0.133. The van der Waals surface area contributed by atoms with Gasteiger partial charge in [0.1, 0.15) is 5.15 Å². The molecule has 96 valence electrons. The van der Waals surface area contributed by atoms with E-state index < -0.39 is 0 Å². The number of fused-ring (bicyclic) bond motifs is 1. The topological polar surface area (TPSA) is 24.9 Å². The van der Waals surface area contributed by atoms with E-state index in [1.165, 1.54) is 15.6 Å². The van der Waals surface area contributed by atoms with E-state index in [0.717, 1.165) is 17.8 Å². The van der Waals surface area contributed by atoms with Crippen LogP contribution in [0.25, 0.3) is 10.1 Å². The Kier molecular flexibility index (Phi) is 3.40. The van der Waals surface area contributed by atoms with Crippen molar-refractivity contribution in [1.29, 1.82) is 0 Å². The highest BCUT2D eigenvalue weighted by molar-refractivity contribution is 7.17. The molecular weight excluding hydrogens is 276 g/mol. The Labute approximate surface area is 121 Å². The van der Waals surface area contributed by atoms with Crippen LogP contribution in [0.4, 0.5) is 5.69 Å². The van der Waals surface area contributed by atoms with Gasteiger partial charge in [0.2, 0.25) is 0 Å². The van der Waals surface area contributed by atoms with Crippen LogP contribution in [0.15, 0.2) is 41.9 Å². The van der Waals surface area contributed by atoms with Gasteiger partial charge in [-0.05, 0) is 40.9 Å². The van der Waals surface area contributed by atoms with Gasteiger partial charge < -0.3 is 5.32 Å². The predicted octanol–water partition coefficient (Wildman–Crippen LogP) is 4.87. The summed E-state index contributed by atoms with van der Waals surface area (Å²) < 4.78 is 1.32. The zero-order chi connectivity index (χ0) is 13.2. The van der Waals surface area contributed by atoms with Crippen molar-refractivity contribution in [2.24, 2.45) is 0 Å². The van der Waals surface area contributed by atoms with Crippen LogP contribution in [0, 0.1) is 6.92 Å². The van der Waals surface area contributed by atoms with E-state index in [1.54, 1.807) is 17.5 Å². The van der Waals surface area contributed by atoms with Gasteiger partial charge in [0.05, 0.1) is 11.9 Å². The number of pyridine rings is 1. The number of benzene rings is 1. The van der Waals surface area contributed by atoms with Gasteiger partial charge in [-0.2, -0.15) is 0 Å². The lowest BCUT2D eigenvalue weighted by molar-refractivity contribution is 1.15. The highest BCUT2D eigenvalue weighted by Crippen LogP contribution is 2.26. The van der Waals surface area contributed by atoms with Gasteiger partial charge in [-0.1, -0.05) is 29.8 Å². The van der Waals surface area contributed by atoms with Crippen molar-refractivity contribution in [3.05, 3.63) is 58.2 Å². The number of aryl methyl sites for hydroxylation is 1. The number of nitrogens with zero attached hydrogens (tertiary/aromatic N) is 1. The molecule has 0 atom stereocenters. The molecule has 4 heteroatoms. The van der Waals surface area contributed by atoms with Crippen LogP contribution in [-0.4, -0.2) is 4.98 Å². The molecule has 1 aromatic carbocycles. The van der Waals surface area contributed by atoms with Crippen molar-refractivity contribution >= 4 is 38.7 Å². The Morgan fingerprint density at radius 2 is 2.16 bits per heavy atom. The van der Waals surface area contributed by atoms with E-state index in [0.29, 0.717) is 5.15 Å². The zero-order valence-corrected chi connectivity index (χ0v) is 12.1. The number of nitrogens with one attached hydrogen (secondary N) is 1. The molecule has 3 aromatic rings. The summed E-state index contributed by atoms with van der Waals surface area (Å²) in [4.78, 5) is 4.15. The van der Waals surface area contributed by atoms with Crippen LogP contribution in [-0.2, 0) is 6.54 Å². The van der Waals surface area contributed by atoms with E-state index in [1.807, 2.05) is 13.0 Å². The van der Waals surface area contributed by atoms with Crippen molar-refractivity contribution < 1.29 is 0 Å². The molecule has 0 fully saturated rings. The van der Waals surface area contributed by atoms with Crippen LogP contribution >= 0.6 is 22.9 Å². The van der Waals surface area contributed by atoms with Crippen LogP contribution < -0.4 is 5.32 Å². The number of hydrogen-bond donors (Lipinski definition) is 1. The van der Waals surface area contributed by atoms with Crippen molar-refractivity contribution in [2.75, 3.05) is 5.32 Å². The fourth-order valence-corrected chi connectivity index (χ4v) is 3.09. The summed E-state index contributed by atoms with van der Waals surface area (Å²) >= 11 is 7.70. The second-order valence-electron chi connectivity index (χ2n) is 4.44. The third-order valence-corrected chi connectivity index (χ3v) is 4.47. The number of aromatic nitrogens is 1. The Balaban J connectivity index is 1.80. The second kappa shape index (κ2) is 5.19. The standard InChI is InChI=1S/C15H13ClN2S/c1-10-6-12(8-18-15(10)16)17-7-11-9-19-14-5-3-2-4-13(11)14/h2-6,8-9,17H,7H2,1H3. The van der Waals surface area contributed by atoms with Crippen molar-refractivity contribution in [1.82, 2.24) is 4.98 Å². The first-order valence-corrected chi connectivity index (χ1v) is 7.31. The third-order valence-electron chi connectivity index (χ3n) is 3.06. The summed E-state index contributed by atoms with van der Waals surface area (Å²) in [5.41, 5.74) is 3.30. The van der Waals surface area contributed by atoms with Gasteiger partial charge in [0.25, 0.3) is 0 Å². The minimum absolute atomic E-state index is 0.562. The van der Waals surface area contributed by atoms with Crippen LogP contribution in [0.3, 0.4) is 0 Å². The SMILES string of the molecule is Cc1cc(NCc2csc3ccccc23)cnc1Cl. The van der Waals surface area contributed by atoms with Gasteiger partial charge in [0.15, 0.2) is 0 Å². The molecule has 0 bridgehead atoms. The first kappa shape index (κ1) is 12.5. The van der Waals surface area contributed by atoms with Crippen LogP contribution in [0.5, 0.6) is 0 Å². The largest absolute Gasteiger partial charge is 0.380 e. The molecule has 0 unspecified atom stereocenters. The number of anilines is 1. The minimum atomic E-state index is 0.562. The summed E-state index contributed by atoms with van der Waals surface area (Å²) in [6.07, 6.45) is 1.77. The summed E-state index contributed by atoms with van der Waals surface area (Å²) in [5.74, 6) is 0. The number of rotatable bonds is 3. The Bertz CT molecular complexity index is 721. The molecule has 3 rings (SSSR count). The summed E-state index contributed by atoms with van der Waals surface area (Å²) in [6, 6.07) is 10.5. The van der Waals surface area contributed by atoms with Gasteiger partial charge in [0, 0.05) is 11.2 Å². The van der Waals surface area contributed by atoms with E-state index in [9.17, 15) is 0 Å². The van der Waals surface area contributed by atoms with Gasteiger partial charge in [-0.25, -0.2) is 4.98 Å². The molecule has 0 spiro atoms. The molecule has 0 aliphatic carbocycles. The van der Waals surface area contributed by atoms with Gasteiger partial charge >= 0.3 is 0 Å². The molecule has 0 aliphatic heterocycles. The average molecular weight is 289 g/mol. The maximum Gasteiger partial charge on any atom is 0.132 e. The third kappa shape index (κ3) is 2.57. The monoisotopic (exact) mass is 288 g/mol. The maximum atomic E-state index is 5.92. The number of halogens is 1. The fourth-order valence-electron chi connectivity index (χ4n) is 2.02. The summed E-state index contributed by atoms with van der Waals surface area (Å²) in [7, 11) is 0. The van der Waals surface area contributed by atoms with Gasteiger partial charge in [-0.15, -0.1) is 11.3 Å². The highest BCUT2D eigenvalue weighted by Gasteiger charge is 2.04. The normalized spacial score (nSPS) is 10.8.